The van der Waals surface area contributed by atoms with E-state index in [1.165, 1.54) is 29.7 Å². The molecule has 0 saturated carbocycles. The minimum absolute atomic E-state index is 0.166. The van der Waals surface area contributed by atoms with E-state index in [1.54, 1.807) is 6.92 Å². The number of carbonyl (C=O) groups excluding carboxylic acids is 1. The van der Waals surface area contributed by atoms with Crippen molar-refractivity contribution in [2.24, 2.45) is 0 Å². The minimum Gasteiger partial charge on any atom is -0.394 e. The SMILES string of the molecule is C[C@@H](CO)NC(=O)Nc1ncc(Cc2ccc(F)cc2F)s1. The first-order chi connectivity index (χ1) is 10.5. The van der Waals surface area contributed by atoms with Crippen molar-refractivity contribution in [2.45, 2.75) is 19.4 Å². The second-order valence-electron chi connectivity index (χ2n) is 4.73. The van der Waals surface area contributed by atoms with Gasteiger partial charge in [-0.2, -0.15) is 0 Å². The second-order valence-corrected chi connectivity index (χ2v) is 5.84. The zero-order chi connectivity index (χ0) is 16.1. The number of aromatic nitrogens is 1. The van der Waals surface area contributed by atoms with E-state index in [2.05, 4.69) is 15.6 Å². The third-order valence-corrected chi connectivity index (χ3v) is 3.72. The third kappa shape index (κ3) is 4.47. The second kappa shape index (κ2) is 7.28. The van der Waals surface area contributed by atoms with E-state index in [9.17, 15) is 13.6 Å². The summed E-state index contributed by atoms with van der Waals surface area (Å²) in [7, 11) is 0. The van der Waals surface area contributed by atoms with Crippen LogP contribution in [-0.4, -0.2) is 28.8 Å². The smallest absolute Gasteiger partial charge is 0.321 e. The van der Waals surface area contributed by atoms with E-state index < -0.39 is 17.7 Å². The average molecular weight is 327 g/mol. The molecule has 5 nitrogen and oxygen atoms in total. The highest BCUT2D eigenvalue weighted by Crippen LogP contribution is 2.22. The molecule has 1 aromatic carbocycles. The van der Waals surface area contributed by atoms with Crippen molar-refractivity contribution in [2.75, 3.05) is 11.9 Å². The Morgan fingerprint density at radius 3 is 2.91 bits per heavy atom. The highest BCUT2D eigenvalue weighted by molar-refractivity contribution is 7.15. The summed E-state index contributed by atoms with van der Waals surface area (Å²) in [5.41, 5.74) is 0.356. The summed E-state index contributed by atoms with van der Waals surface area (Å²) in [6.45, 7) is 1.49. The van der Waals surface area contributed by atoms with Gasteiger partial charge < -0.3 is 10.4 Å². The molecule has 0 radical (unpaired) electrons. The van der Waals surface area contributed by atoms with E-state index in [-0.39, 0.29) is 19.1 Å². The molecule has 2 amide bonds. The van der Waals surface area contributed by atoms with Gasteiger partial charge in [-0.25, -0.2) is 18.6 Å². The summed E-state index contributed by atoms with van der Waals surface area (Å²) in [5, 5.41) is 14.3. The first-order valence-corrected chi connectivity index (χ1v) is 7.36. The highest BCUT2D eigenvalue weighted by Gasteiger charge is 2.11. The molecule has 0 saturated heterocycles. The quantitative estimate of drug-likeness (QED) is 0.790. The Balaban J connectivity index is 1.98. The Morgan fingerprint density at radius 2 is 2.23 bits per heavy atom. The molecule has 118 valence electrons. The van der Waals surface area contributed by atoms with Crippen LogP contribution < -0.4 is 10.6 Å². The summed E-state index contributed by atoms with van der Waals surface area (Å²) in [4.78, 5) is 16.3. The van der Waals surface area contributed by atoms with E-state index >= 15 is 0 Å². The van der Waals surface area contributed by atoms with Gasteiger partial charge in [-0.3, -0.25) is 5.32 Å². The molecule has 0 aliphatic carbocycles. The van der Waals surface area contributed by atoms with E-state index in [0.717, 1.165) is 10.9 Å². The largest absolute Gasteiger partial charge is 0.394 e. The molecule has 22 heavy (non-hydrogen) atoms. The molecule has 2 rings (SSSR count). The molecular formula is C14H15F2N3O2S. The standard InChI is InChI=1S/C14H15F2N3O2S/c1-8(7-20)18-13(21)19-14-17-6-11(22-14)4-9-2-3-10(15)5-12(9)16/h2-3,5-6,8,20H,4,7H2,1H3,(H2,17,18,19,21)/t8-/m0/s1. The van der Waals surface area contributed by atoms with Gasteiger partial charge in [0.05, 0.1) is 12.6 Å². The molecule has 0 fully saturated rings. The molecule has 1 aromatic heterocycles. The van der Waals surface area contributed by atoms with Crippen LogP contribution in [0.25, 0.3) is 0 Å². The zero-order valence-corrected chi connectivity index (χ0v) is 12.6. The summed E-state index contributed by atoms with van der Waals surface area (Å²) in [6, 6.07) is 2.57. The summed E-state index contributed by atoms with van der Waals surface area (Å²) in [5.74, 6) is -1.24. The number of amides is 2. The van der Waals surface area contributed by atoms with Crippen LogP contribution in [0.1, 0.15) is 17.4 Å². The molecule has 0 unspecified atom stereocenters. The van der Waals surface area contributed by atoms with Crippen LogP contribution in [0.15, 0.2) is 24.4 Å². The molecule has 3 N–H and O–H groups in total. The fraction of sp³-hybridized carbons (Fsp3) is 0.286. The van der Waals surface area contributed by atoms with Crippen LogP contribution in [0.4, 0.5) is 18.7 Å². The molecular weight excluding hydrogens is 312 g/mol. The van der Waals surface area contributed by atoms with Crippen LogP contribution >= 0.6 is 11.3 Å². The minimum atomic E-state index is -0.623. The van der Waals surface area contributed by atoms with Gasteiger partial charge in [0.2, 0.25) is 0 Å². The van der Waals surface area contributed by atoms with Crippen molar-refractivity contribution in [3.8, 4) is 0 Å². The molecule has 0 bridgehead atoms. The van der Waals surface area contributed by atoms with Crippen molar-refractivity contribution in [1.82, 2.24) is 10.3 Å². The maximum absolute atomic E-state index is 13.6. The first kappa shape index (κ1) is 16.3. The predicted octanol–water partition coefficient (Wildman–Crippen LogP) is 2.51. The van der Waals surface area contributed by atoms with Crippen molar-refractivity contribution < 1.29 is 18.7 Å². The lowest BCUT2D eigenvalue weighted by molar-refractivity contribution is 0.229. The number of aliphatic hydroxyl groups is 1. The van der Waals surface area contributed by atoms with Crippen molar-refractivity contribution in [3.05, 3.63) is 46.5 Å². The normalized spacial score (nSPS) is 12.0. The molecule has 0 aliphatic rings. The Bertz CT molecular complexity index is 663. The van der Waals surface area contributed by atoms with Crippen molar-refractivity contribution in [3.63, 3.8) is 0 Å². The number of hydrogen-bond donors (Lipinski definition) is 3. The number of rotatable bonds is 5. The topological polar surface area (TPSA) is 74.2 Å². The van der Waals surface area contributed by atoms with Gasteiger partial charge >= 0.3 is 6.03 Å². The summed E-state index contributed by atoms with van der Waals surface area (Å²) < 4.78 is 26.4. The van der Waals surface area contributed by atoms with Crippen LogP contribution in [0, 0.1) is 11.6 Å². The maximum Gasteiger partial charge on any atom is 0.321 e. The number of thiazole rings is 1. The fourth-order valence-corrected chi connectivity index (χ4v) is 2.53. The highest BCUT2D eigenvalue weighted by atomic mass is 32.1. The van der Waals surface area contributed by atoms with Crippen LogP contribution in [0.3, 0.4) is 0 Å². The number of carbonyl (C=O) groups is 1. The number of aliphatic hydroxyl groups excluding tert-OH is 1. The Hall–Kier alpha value is -2.06. The van der Waals surface area contributed by atoms with Crippen LogP contribution in [-0.2, 0) is 6.42 Å². The molecule has 0 spiro atoms. The Kier molecular flexibility index (Phi) is 5.40. The van der Waals surface area contributed by atoms with Gasteiger partial charge in [-0.05, 0) is 18.6 Å². The predicted molar refractivity (Wildman–Crippen MR) is 80.0 cm³/mol. The lowest BCUT2D eigenvalue weighted by Gasteiger charge is -2.10. The Labute approximate surface area is 130 Å². The molecule has 0 aliphatic heterocycles. The van der Waals surface area contributed by atoms with Crippen LogP contribution in [0.2, 0.25) is 0 Å². The maximum atomic E-state index is 13.6. The number of halogens is 2. The van der Waals surface area contributed by atoms with Crippen LogP contribution in [0.5, 0.6) is 0 Å². The van der Waals surface area contributed by atoms with Gasteiger partial charge in [0.1, 0.15) is 11.6 Å². The van der Waals surface area contributed by atoms with Gasteiger partial charge in [-0.15, -0.1) is 11.3 Å². The number of anilines is 1. The monoisotopic (exact) mass is 327 g/mol. The number of nitrogens with zero attached hydrogens (tertiary/aromatic N) is 1. The number of nitrogens with one attached hydrogen (secondary N) is 2. The summed E-state index contributed by atoms with van der Waals surface area (Å²) in [6.07, 6.45) is 1.79. The van der Waals surface area contributed by atoms with Gasteiger partial charge in [0.15, 0.2) is 5.13 Å². The number of urea groups is 1. The van der Waals surface area contributed by atoms with Gasteiger partial charge in [0, 0.05) is 23.6 Å². The lowest BCUT2D eigenvalue weighted by atomic mass is 10.1. The Morgan fingerprint density at radius 1 is 1.45 bits per heavy atom. The number of hydrogen-bond acceptors (Lipinski definition) is 4. The van der Waals surface area contributed by atoms with E-state index in [1.807, 2.05) is 0 Å². The fourth-order valence-electron chi connectivity index (χ4n) is 1.70. The molecule has 1 atom stereocenters. The average Bonchev–Trinajstić information content (AvgIpc) is 2.88. The number of benzene rings is 1. The van der Waals surface area contributed by atoms with Crippen molar-refractivity contribution >= 4 is 22.5 Å². The molecule has 2 aromatic rings. The lowest BCUT2D eigenvalue weighted by Crippen LogP contribution is -2.38. The van der Waals surface area contributed by atoms with Crippen molar-refractivity contribution in [1.29, 1.82) is 0 Å². The zero-order valence-electron chi connectivity index (χ0n) is 11.8. The molecule has 8 heteroatoms. The van der Waals surface area contributed by atoms with Gasteiger partial charge in [-0.1, -0.05) is 6.07 Å². The summed E-state index contributed by atoms with van der Waals surface area (Å²) >= 11 is 1.20. The van der Waals surface area contributed by atoms with E-state index in [4.69, 9.17) is 5.11 Å². The van der Waals surface area contributed by atoms with Gasteiger partial charge in [0.25, 0.3) is 0 Å². The third-order valence-electron chi connectivity index (χ3n) is 2.81. The molecule has 1 heterocycles. The van der Waals surface area contributed by atoms with E-state index in [0.29, 0.717) is 10.7 Å². The first-order valence-electron chi connectivity index (χ1n) is 6.55.